The second-order valence-electron chi connectivity index (χ2n) is 4.58. The molecule has 0 aliphatic carbocycles. The Morgan fingerprint density at radius 2 is 2.38 bits per heavy atom. The van der Waals surface area contributed by atoms with E-state index in [2.05, 4.69) is 35.1 Å². The lowest BCUT2D eigenvalue weighted by atomic mass is 10.1. The fourth-order valence-corrected chi connectivity index (χ4v) is 2.39. The standard InChI is InChI=1S/C13H21N3/c1-3-16(13-4-5-14-9-13)10-12-6-11(2)7-15-8-12/h6-8,13-14H,3-5,9-10H2,1-2H3. The Morgan fingerprint density at radius 1 is 1.50 bits per heavy atom. The molecule has 0 radical (unpaired) electrons. The highest BCUT2D eigenvalue weighted by atomic mass is 15.2. The van der Waals surface area contributed by atoms with Gasteiger partial charge in [0.05, 0.1) is 0 Å². The van der Waals surface area contributed by atoms with E-state index in [1.807, 2.05) is 12.4 Å². The summed E-state index contributed by atoms with van der Waals surface area (Å²) in [7, 11) is 0. The molecule has 1 aromatic heterocycles. The maximum Gasteiger partial charge on any atom is 0.0313 e. The molecule has 0 aromatic carbocycles. The van der Waals surface area contributed by atoms with Crippen LogP contribution >= 0.6 is 0 Å². The predicted molar refractivity (Wildman–Crippen MR) is 66.3 cm³/mol. The number of rotatable bonds is 4. The van der Waals surface area contributed by atoms with Crippen LogP contribution in [0.4, 0.5) is 0 Å². The van der Waals surface area contributed by atoms with Crippen molar-refractivity contribution in [3.05, 3.63) is 29.6 Å². The molecule has 0 saturated carbocycles. The van der Waals surface area contributed by atoms with Gasteiger partial charge in [0.15, 0.2) is 0 Å². The van der Waals surface area contributed by atoms with Gasteiger partial charge in [-0.1, -0.05) is 13.0 Å². The lowest BCUT2D eigenvalue weighted by Crippen LogP contribution is -2.36. The highest BCUT2D eigenvalue weighted by molar-refractivity contribution is 5.16. The Labute approximate surface area is 97.9 Å². The second kappa shape index (κ2) is 5.41. The van der Waals surface area contributed by atoms with Gasteiger partial charge in [-0.05, 0) is 37.6 Å². The van der Waals surface area contributed by atoms with Gasteiger partial charge in [-0.2, -0.15) is 0 Å². The first-order valence-corrected chi connectivity index (χ1v) is 6.15. The van der Waals surface area contributed by atoms with Crippen LogP contribution in [0.1, 0.15) is 24.5 Å². The van der Waals surface area contributed by atoms with Gasteiger partial charge < -0.3 is 5.32 Å². The van der Waals surface area contributed by atoms with Crippen LogP contribution in [0.25, 0.3) is 0 Å². The lowest BCUT2D eigenvalue weighted by Gasteiger charge is -2.26. The van der Waals surface area contributed by atoms with Crippen LogP contribution < -0.4 is 5.32 Å². The Morgan fingerprint density at radius 3 is 3.00 bits per heavy atom. The van der Waals surface area contributed by atoms with E-state index in [4.69, 9.17) is 0 Å². The zero-order valence-corrected chi connectivity index (χ0v) is 10.2. The molecule has 1 aliphatic heterocycles. The van der Waals surface area contributed by atoms with Crippen molar-refractivity contribution in [2.45, 2.75) is 32.9 Å². The fraction of sp³-hybridized carbons (Fsp3) is 0.615. The minimum atomic E-state index is 0.700. The first kappa shape index (κ1) is 11.6. The fourth-order valence-electron chi connectivity index (χ4n) is 2.39. The molecule has 2 heterocycles. The number of pyridine rings is 1. The van der Waals surface area contributed by atoms with Gasteiger partial charge >= 0.3 is 0 Å². The lowest BCUT2D eigenvalue weighted by molar-refractivity contribution is 0.210. The largest absolute Gasteiger partial charge is 0.315 e. The molecule has 1 fully saturated rings. The molecular formula is C13H21N3. The Kier molecular flexibility index (Phi) is 3.91. The normalized spacial score (nSPS) is 20.6. The maximum atomic E-state index is 4.26. The number of hydrogen-bond donors (Lipinski definition) is 1. The second-order valence-corrected chi connectivity index (χ2v) is 4.58. The van der Waals surface area contributed by atoms with Crippen molar-refractivity contribution in [1.29, 1.82) is 0 Å². The molecule has 0 bridgehead atoms. The molecule has 1 unspecified atom stereocenters. The summed E-state index contributed by atoms with van der Waals surface area (Å²) in [5, 5.41) is 3.43. The summed E-state index contributed by atoms with van der Waals surface area (Å²) >= 11 is 0. The van der Waals surface area contributed by atoms with Crippen LogP contribution in [0, 0.1) is 6.92 Å². The van der Waals surface area contributed by atoms with Crippen molar-refractivity contribution in [3.8, 4) is 0 Å². The van der Waals surface area contributed by atoms with E-state index in [0.29, 0.717) is 6.04 Å². The molecule has 0 amide bonds. The quantitative estimate of drug-likeness (QED) is 0.833. The number of nitrogens with zero attached hydrogens (tertiary/aromatic N) is 2. The van der Waals surface area contributed by atoms with Crippen LogP contribution in [0.15, 0.2) is 18.5 Å². The molecule has 16 heavy (non-hydrogen) atoms. The molecule has 1 N–H and O–H groups in total. The van der Waals surface area contributed by atoms with Gasteiger partial charge in [-0.3, -0.25) is 9.88 Å². The van der Waals surface area contributed by atoms with E-state index in [1.54, 1.807) is 0 Å². The Bertz CT molecular complexity index is 332. The van der Waals surface area contributed by atoms with Crippen molar-refractivity contribution in [1.82, 2.24) is 15.2 Å². The van der Waals surface area contributed by atoms with Crippen LogP contribution in [0.3, 0.4) is 0 Å². The zero-order chi connectivity index (χ0) is 11.4. The summed E-state index contributed by atoms with van der Waals surface area (Å²) < 4.78 is 0. The average molecular weight is 219 g/mol. The monoisotopic (exact) mass is 219 g/mol. The van der Waals surface area contributed by atoms with Crippen LogP contribution in [0.5, 0.6) is 0 Å². The maximum absolute atomic E-state index is 4.26. The number of likely N-dealkylation sites (N-methyl/N-ethyl adjacent to an activating group) is 1. The molecule has 1 aromatic rings. The average Bonchev–Trinajstić information content (AvgIpc) is 2.79. The van der Waals surface area contributed by atoms with E-state index in [1.165, 1.54) is 17.5 Å². The van der Waals surface area contributed by atoms with Gasteiger partial charge in [-0.15, -0.1) is 0 Å². The van der Waals surface area contributed by atoms with E-state index in [0.717, 1.165) is 26.2 Å². The summed E-state index contributed by atoms with van der Waals surface area (Å²) in [4.78, 5) is 6.79. The van der Waals surface area contributed by atoms with Crippen molar-refractivity contribution in [2.24, 2.45) is 0 Å². The van der Waals surface area contributed by atoms with Gasteiger partial charge in [-0.25, -0.2) is 0 Å². The van der Waals surface area contributed by atoms with Crippen LogP contribution in [-0.2, 0) is 6.54 Å². The van der Waals surface area contributed by atoms with E-state index >= 15 is 0 Å². The Hall–Kier alpha value is -0.930. The predicted octanol–water partition coefficient (Wildman–Crippen LogP) is 1.57. The highest BCUT2D eigenvalue weighted by Gasteiger charge is 2.20. The van der Waals surface area contributed by atoms with E-state index < -0.39 is 0 Å². The van der Waals surface area contributed by atoms with Crippen molar-refractivity contribution in [2.75, 3.05) is 19.6 Å². The Balaban J connectivity index is 2.00. The van der Waals surface area contributed by atoms with Gasteiger partial charge in [0.25, 0.3) is 0 Å². The topological polar surface area (TPSA) is 28.2 Å². The molecule has 3 heteroatoms. The van der Waals surface area contributed by atoms with Crippen LogP contribution in [-0.4, -0.2) is 35.6 Å². The summed E-state index contributed by atoms with van der Waals surface area (Å²) in [5.41, 5.74) is 2.58. The number of aromatic nitrogens is 1. The van der Waals surface area contributed by atoms with Gasteiger partial charge in [0.2, 0.25) is 0 Å². The van der Waals surface area contributed by atoms with E-state index in [-0.39, 0.29) is 0 Å². The molecule has 88 valence electrons. The molecule has 1 saturated heterocycles. The number of nitrogens with one attached hydrogen (secondary N) is 1. The SMILES string of the molecule is CCN(Cc1cncc(C)c1)C1CCNC1. The van der Waals surface area contributed by atoms with Crippen molar-refractivity contribution < 1.29 is 0 Å². The van der Waals surface area contributed by atoms with E-state index in [9.17, 15) is 0 Å². The smallest absolute Gasteiger partial charge is 0.0313 e. The van der Waals surface area contributed by atoms with Crippen LogP contribution in [0.2, 0.25) is 0 Å². The van der Waals surface area contributed by atoms with Crippen molar-refractivity contribution >= 4 is 0 Å². The first-order chi connectivity index (χ1) is 7.79. The number of aryl methyl sites for hydroxylation is 1. The zero-order valence-electron chi connectivity index (χ0n) is 10.2. The summed E-state index contributed by atoms with van der Waals surface area (Å²) in [6.07, 6.45) is 5.17. The third-order valence-corrected chi connectivity index (χ3v) is 3.27. The molecule has 1 atom stereocenters. The molecular weight excluding hydrogens is 198 g/mol. The first-order valence-electron chi connectivity index (χ1n) is 6.15. The summed E-state index contributed by atoms with van der Waals surface area (Å²) in [6, 6.07) is 2.93. The molecule has 3 nitrogen and oxygen atoms in total. The minimum Gasteiger partial charge on any atom is -0.315 e. The molecule has 2 rings (SSSR count). The van der Waals surface area contributed by atoms with Gasteiger partial charge in [0.1, 0.15) is 0 Å². The summed E-state index contributed by atoms with van der Waals surface area (Å²) in [6.45, 7) is 8.77. The van der Waals surface area contributed by atoms with Crippen molar-refractivity contribution in [3.63, 3.8) is 0 Å². The molecule has 0 spiro atoms. The summed E-state index contributed by atoms with van der Waals surface area (Å²) in [5.74, 6) is 0. The number of hydrogen-bond acceptors (Lipinski definition) is 3. The molecule has 1 aliphatic rings. The third-order valence-electron chi connectivity index (χ3n) is 3.27. The minimum absolute atomic E-state index is 0.700. The van der Waals surface area contributed by atoms with Gasteiger partial charge in [0, 0.05) is 31.5 Å². The third kappa shape index (κ3) is 2.80. The highest BCUT2D eigenvalue weighted by Crippen LogP contribution is 2.13.